The van der Waals surface area contributed by atoms with Gasteiger partial charge < -0.3 is 15.5 Å². The summed E-state index contributed by atoms with van der Waals surface area (Å²) in [5, 5.41) is 3.47. The lowest BCUT2D eigenvalue weighted by molar-refractivity contribution is 0.0998. The second kappa shape index (κ2) is 11.5. The number of carbonyl (C=O) groups is 1. The summed E-state index contributed by atoms with van der Waals surface area (Å²) in [6.07, 6.45) is 13.3. The lowest BCUT2D eigenvalue weighted by Gasteiger charge is -2.30. The van der Waals surface area contributed by atoms with Crippen molar-refractivity contribution in [3.05, 3.63) is 109 Å². The first-order valence-corrected chi connectivity index (χ1v) is 10.4. The summed E-state index contributed by atoms with van der Waals surface area (Å²) in [5.41, 5.74) is 9.58. The fourth-order valence-electron chi connectivity index (χ4n) is 2.83. The van der Waals surface area contributed by atoms with Crippen LogP contribution >= 0.6 is 0 Å². The zero-order valence-electron chi connectivity index (χ0n) is 19.0. The van der Waals surface area contributed by atoms with E-state index in [0.717, 1.165) is 34.4 Å². The third-order valence-electron chi connectivity index (χ3n) is 4.85. The molecule has 0 atom stereocenters. The van der Waals surface area contributed by atoms with Gasteiger partial charge in [-0.25, -0.2) is 4.98 Å². The molecule has 0 aliphatic carbocycles. The summed E-state index contributed by atoms with van der Waals surface area (Å²) in [4.78, 5) is 15.6. The molecule has 5 heteroatoms. The SMILES string of the molecule is C=C(NC(C)(C)C(=C)/C=C\C=C/CC)c1cccc(-c2ccc(C(N)=O)cocnc2)c1. The number of benzene rings is 1. The molecule has 0 fully saturated rings. The van der Waals surface area contributed by atoms with Crippen LogP contribution in [0.4, 0.5) is 0 Å². The molecule has 1 aromatic carbocycles. The van der Waals surface area contributed by atoms with E-state index in [1.165, 1.54) is 12.7 Å². The van der Waals surface area contributed by atoms with Crippen LogP contribution in [-0.2, 0) is 0 Å². The van der Waals surface area contributed by atoms with E-state index in [1.54, 1.807) is 18.3 Å². The number of nitrogens with two attached hydrogens (primary N) is 1. The van der Waals surface area contributed by atoms with Crippen molar-refractivity contribution in [2.75, 3.05) is 0 Å². The Morgan fingerprint density at radius 2 is 1.94 bits per heavy atom. The van der Waals surface area contributed by atoms with Crippen molar-refractivity contribution in [1.82, 2.24) is 10.3 Å². The van der Waals surface area contributed by atoms with Crippen LogP contribution in [0.15, 0.2) is 103 Å². The van der Waals surface area contributed by atoms with E-state index in [9.17, 15) is 4.79 Å². The van der Waals surface area contributed by atoms with Gasteiger partial charge in [-0.3, -0.25) is 4.79 Å². The molecule has 0 spiro atoms. The average molecular weight is 430 g/mol. The zero-order chi connectivity index (χ0) is 23.6. The topological polar surface area (TPSA) is 81.1 Å². The molecule has 0 saturated carbocycles. The summed E-state index contributed by atoms with van der Waals surface area (Å²) >= 11 is 0. The quantitative estimate of drug-likeness (QED) is 0.480. The number of primary amides is 1. The predicted molar refractivity (Wildman–Crippen MR) is 132 cm³/mol. The molecule has 166 valence electrons. The highest BCUT2D eigenvalue weighted by Crippen LogP contribution is 2.24. The third-order valence-corrected chi connectivity index (χ3v) is 4.85. The Morgan fingerprint density at radius 1 is 1.16 bits per heavy atom. The number of hydrogen-bond acceptors (Lipinski definition) is 4. The van der Waals surface area contributed by atoms with Crippen molar-refractivity contribution >= 4 is 11.6 Å². The smallest absolute Gasteiger partial charge is 0.251 e. The van der Waals surface area contributed by atoms with Gasteiger partial charge in [-0.05, 0) is 49.1 Å². The number of nitrogens with one attached hydrogen (secondary N) is 1. The lowest BCUT2D eigenvalue weighted by Crippen LogP contribution is -2.38. The Morgan fingerprint density at radius 3 is 2.66 bits per heavy atom. The molecule has 0 aliphatic rings. The molecule has 2 aromatic rings. The van der Waals surface area contributed by atoms with Crippen molar-refractivity contribution < 1.29 is 9.21 Å². The molecule has 2 rings (SSSR count). The summed E-state index contributed by atoms with van der Waals surface area (Å²) in [6, 6.07) is 11.3. The number of rotatable bonds is 9. The van der Waals surface area contributed by atoms with Crippen molar-refractivity contribution in [2.45, 2.75) is 32.7 Å². The fourth-order valence-corrected chi connectivity index (χ4v) is 2.83. The Balaban J connectivity index is 2.29. The van der Waals surface area contributed by atoms with Gasteiger partial charge in [0.05, 0.1) is 11.1 Å². The lowest BCUT2D eigenvalue weighted by atomic mass is 9.93. The first kappa shape index (κ1) is 24.4. The number of hydrogen-bond donors (Lipinski definition) is 2. The predicted octanol–water partition coefficient (Wildman–Crippen LogP) is 5.98. The molecule has 0 saturated heterocycles. The molecular formula is C27H31N3O2. The number of amides is 1. The van der Waals surface area contributed by atoms with E-state index in [2.05, 4.69) is 50.3 Å². The zero-order valence-corrected chi connectivity index (χ0v) is 19.0. The number of allylic oxidation sites excluding steroid dienone is 3. The van der Waals surface area contributed by atoms with E-state index in [1.807, 2.05) is 42.5 Å². The molecule has 0 aliphatic heterocycles. The Kier molecular flexibility index (Phi) is 8.78. The van der Waals surface area contributed by atoms with E-state index in [4.69, 9.17) is 10.2 Å². The summed E-state index contributed by atoms with van der Waals surface area (Å²) in [6.45, 7) is 14.6. The van der Waals surface area contributed by atoms with Gasteiger partial charge in [-0.1, -0.05) is 68.7 Å². The van der Waals surface area contributed by atoms with Crippen molar-refractivity contribution in [3.8, 4) is 11.1 Å². The minimum absolute atomic E-state index is 0.244. The van der Waals surface area contributed by atoms with E-state index >= 15 is 0 Å². The summed E-state index contributed by atoms with van der Waals surface area (Å²) in [5.74, 6) is -0.580. The van der Waals surface area contributed by atoms with Crippen molar-refractivity contribution in [1.29, 1.82) is 0 Å². The molecule has 0 bridgehead atoms. The largest absolute Gasteiger partial charge is 0.453 e. The third kappa shape index (κ3) is 7.13. The molecule has 1 aromatic heterocycles. The maximum atomic E-state index is 11.5. The molecule has 1 heterocycles. The van der Waals surface area contributed by atoms with Gasteiger partial charge in [-0.2, -0.15) is 0 Å². The Hall–Kier alpha value is -3.86. The van der Waals surface area contributed by atoms with Crippen LogP contribution in [-0.4, -0.2) is 16.4 Å². The number of aromatic nitrogens is 1. The first-order valence-electron chi connectivity index (χ1n) is 10.4. The normalized spacial score (nSPS) is 11.3. The van der Waals surface area contributed by atoms with E-state index in [0.29, 0.717) is 0 Å². The second-order valence-corrected chi connectivity index (χ2v) is 7.78. The Bertz CT molecular complexity index is 1090. The van der Waals surface area contributed by atoms with Crippen LogP contribution in [0.3, 0.4) is 0 Å². The highest BCUT2D eigenvalue weighted by Gasteiger charge is 2.20. The van der Waals surface area contributed by atoms with Crippen LogP contribution < -0.4 is 11.1 Å². The first-order chi connectivity index (χ1) is 15.2. The summed E-state index contributed by atoms with van der Waals surface area (Å²) in [7, 11) is 0. The van der Waals surface area contributed by atoms with Crippen molar-refractivity contribution in [3.63, 3.8) is 0 Å². The van der Waals surface area contributed by atoms with Crippen LogP contribution in [0.2, 0.25) is 0 Å². The minimum atomic E-state index is -0.580. The molecule has 5 nitrogen and oxygen atoms in total. The maximum Gasteiger partial charge on any atom is 0.251 e. The van der Waals surface area contributed by atoms with Crippen LogP contribution in [0.25, 0.3) is 16.8 Å². The van der Waals surface area contributed by atoms with Gasteiger partial charge >= 0.3 is 0 Å². The minimum Gasteiger partial charge on any atom is -0.453 e. The van der Waals surface area contributed by atoms with E-state index in [-0.39, 0.29) is 11.1 Å². The van der Waals surface area contributed by atoms with Gasteiger partial charge in [0, 0.05) is 17.5 Å². The van der Waals surface area contributed by atoms with Gasteiger partial charge in [0.1, 0.15) is 6.26 Å². The molecular weight excluding hydrogens is 398 g/mol. The van der Waals surface area contributed by atoms with Crippen LogP contribution in [0.5, 0.6) is 0 Å². The highest BCUT2D eigenvalue weighted by molar-refractivity contribution is 5.92. The monoisotopic (exact) mass is 429 g/mol. The number of nitrogens with zero attached hydrogens (tertiary/aromatic N) is 1. The van der Waals surface area contributed by atoms with Gasteiger partial charge in [0.15, 0.2) is 6.39 Å². The summed E-state index contributed by atoms with van der Waals surface area (Å²) < 4.78 is 5.10. The molecule has 1 amide bonds. The highest BCUT2D eigenvalue weighted by atomic mass is 16.3. The van der Waals surface area contributed by atoms with Crippen LogP contribution in [0, 0.1) is 0 Å². The molecule has 3 N–H and O–H groups in total. The van der Waals surface area contributed by atoms with Gasteiger partial charge in [0.2, 0.25) is 0 Å². The van der Waals surface area contributed by atoms with Crippen LogP contribution in [0.1, 0.15) is 43.1 Å². The molecule has 0 radical (unpaired) electrons. The Labute approximate surface area is 190 Å². The average Bonchev–Trinajstić information content (AvgIpc) is 2.88. The maximum absolute atomic E-state index is 11.5. The standard InChI is InChI=1S/C27H31N3O2/c1-6-7-8-9-11-20(2)27(4,5)30-21(3)22-12-10-13-23(16-22)24-14-15-25(26(28)31)18-32-19-29-17-24/h7-19,30H,2-3,6H2,1,4-5H3,(H2,28,31)/b8-7-,11-9-,15-14?,24-17?,25-18?,29-19?. The van der Waals surface area contributed by atoms with E-state index < -0.39 is 5.91 Å². The molecule has 32 heavy (non-hydrogen) atoms. The van der Waals surface area contributed by atoms with Gasteiger partial charge in [0.25, 0.3) is 5.91 Å². The van der Waals surface area contributed by atoms with Gasteiger partial charge in [-0.15, -0.1) is 0 Å². The fraction of sp³-hybridized carbons (Fsp3) is 0.185. The van der Waals surface area contributed by atoms with Crippen molar-refractivity contribution in [2.24, 2.45) is 5.73 Å². The number of carbonyl (C=O) groups excluding carboxylic acids is 1. The molecule has 0 unspecified atom stereocenters. The second-order valence-electron chi connectivity index (χ2n) is 7.78.